The van der Waals surface area contributed by atoms with Crippen LogP contribution in [0.2, 0.25) is 0 Å². The Hall–Kier alpha value is -2.61. The molecule has 0 unspecified atom stereocenters. The van der Waals surface area contributed by atoms with E-state index in [0.717, 1.165) is 11.4 Å². The average molecular weight is 314 g/mol. The van der Waals surface area contributed by atoms with Crippen LogP contribution < -0.4 is 5.32 Å². The molecule has 0 heterocycles. The number of benzene rings is 2. The Bertz CT molecular complexity index is 794. The molecule has 0 atom stereocenters. The zero-order valence-corrected chi connectivity index (χ0v) is 13.9. The average Bonchev–Trinajstić information content (AvgIpc) is 2.60. The summed E-state index contributed by atoms with van der Waals surface area (Å²) in [6.07, 6.45) is 6.80. The first kappa shape index (κ1) is 14.9. The highest BCUT2D eigenvalue weighted by molar-refractivity contribution is 5.85. The van der Waals surface area contributed by atoms with E-state index in [-0.39, 0.29) is 0 Å². The van der Waals surface area contributed by atoms with Gasteiger partial charge in [0.15, 0.2) is 0 Å². The molecule has 0 amide bonds. The number of fused-ring (bicyclic) bond motifs is 1. The Kier molecular flexibility index (Phi) is 4.04. The minimum absolute atomic E-state index is 0.691. The minimum atomic E-state index is 0.691. The third-order valence-electron chi connectivity index (χ3n) is 5.16. The van der Waals surface area contributed by atoms with Crippen LogP contribution in [0.15, 0.2) is 88.6 Å². The lowest BCUT2D eigenvalue weighted by atomic mass is 9.60. The standard InChI is InChI=1S/C22H22N2/c1-16-21(14-23-19-8-4-2-5-9-19)17-12-18(13-17)22(16)15-24-20-10-6-3-7-11-20/h2-11,14-15,17-18,23H,12-13H2,1H3/b21-14-,24-15?. The van der Waals surface area contributed by atoms with E-state index >= 15 is 0 Å². The van der Waals surface area contributed by atoms with Crippen LogP contribution in [0.5, 0.6) is 0 Å². The summed E-state index contributed by atoms with van der Waals surface area (Å²) < 4.78 is 0. The van der Waals surface area contributed by atoms with E-state index in [1.807, 2.05) is 36.4 Å². The number of allylic oxidation sites excluding steroid dienone is 3. The zero-order chi connectivity index (χ0) is 16.4. The molecule has 1 fully saturated rings. The topological polar surface area (TPSA) is 24.4 Å². The molecule has 0 radical (unpaired) electrons. The number of aliphatic imine (C=N–C) groups is 1. The number of hydrogen-bond donors (Lipinski definition) is 1. The number of para-hydroxylation sites is 2. The van der Waals surface area contributed by atoms with Gasteiger partial charge in [-0.15, -0.1) is 0 Å². The van der Waals surface area contributed by atoms with Gasteiger partial charge in [0, 0.05) is 18.1 Å². The van der Waals surface area contributed by atoms with Crippen molar-refractivity contribution in [3.05, 3.63) is 83.6 Å². The van der Waals surface area contributed by atoms with Crippen LogP contribution in [0.4, 0.5) is 11.4 Å². The maximum Gasteiger partial charge on any atom is 0.0629 e. The Balaban J connectivity index is 1.58. The molecule has 0 saturated heterocycles. The van der Waals surface area contributed by atoms with Crippen molar-refractivity contribution in [2.45, 2.75) is 19.8 Å². The van der Waals surface area contributed by atoms with Gasteiger partial charge in [-0.1, -0.05) is 36.4 Å². The predicted molar refractivity (Wildman–Crippen MR) is 102 cm³/mol. The summed E-state index contributed by atoms with van der Waals surface area (Å²) in [7, 11) is 0. The molecule has 2 bridgehead atoms. The minimum Gasteiger partial charge on any atom is -0.361 e. The number of nitrogens with one attached hydrogen (secondary N) is 1. The van der Waals surface area contributed by atoms with Crippen molar-refractivity contribution in [1.29, 1.82) is 0 Å². The van der Waals surface area contributed by atoms with Gasteiger partial charge in [0.05, 0.1) is 5.69 Å². The first-order chi connectivity index (χ1) is 11.8. The molecule has 0 spiro atoms. The summed E-state index contributed by atoms with van der Waals surface area (Å²) in [6, 6.07) is 20.5. The maximum atomic E-state index is 4.68. The van der Waals surface area contributed by atoms with Gasteiger partial charge in [0.1, 0.15) is 0 Å². The molecule has 5 rings (SSSR count). The fraction of sp³-hybridized carbons (Fsp3) is 0.227. The van der Waals surface area contributed by atoms with Crippen molar-refractivity contribution in [1.82, 2.24) is 0 Å². The van der Waals surface area contributed by atoms with E-state index in [1.54, 1.807) is 0 Å². The van der Waals surface area contributed by atoms with Crippen LogP contribution in [0.25, 0.3) is 0 Å². The van der Waals surface area contributed by atoms with Crippen LogP contribution in [-0.2, 0) is 0 Å². The summed E-state index contributed by atoms with van der Waals surface area (Å²) in [5.41, 5.74) is 6.40. The highest BCUT2D eigenvalue weighted by atomic mass is 14.8. The van der Waals surface area contributed by atoms with Gasteiger partial charge in [-0.25, -0.2) is 0 Å². The summed E-state index contributed by atoms with van der Waals surface area (Å²) in [5, 5.41) is 3.45. The fourth-order valence-corrected chi connectivity index (χ4v) is 3.69. The normalized spacial score (nSPS) is 24.3. The van der Waals surface area contributed by atoms with E-state index in [4.69, 9.17) is 0 Å². The number of rotatable bonds is 4. The van der Waals surface area contributed by atoms with E-state index in [9.17, 15) is 0 Å². The van der Waals surface area contributed by atoms with E-state index < -0.39 is 0 Å². The molecule has 120 valence electrons. The third-order valence-corrected chi connectivity index (χ3v) is 5.16. The summed E-state index contributed by atoms with van der Waals surface area (Å²) in [6.45, 7) is 2.24. The molecule has 1 N–H and O–H groups in total. The highest BCUT2D eigenvalue weighted by Gasteiger charge is 2.40. The van der Waals surface area contributed by atoms with Gasteiger partial charge in [-0.3, -0.25) is 4.99 Å². The Labute approximate surface area is 143 Å². The Morgan fingerprint density at radius 3 is 2.29 bits per heavy atom. The van der Waals surface area contributed by atoms with Crippen molar-refractivity contribution in [3.63, 3.8) is 0 Å². The lowest BCUT2D eigenvalue weighted by molar-refractivity contribution is 0.259. The number of hydrogen-bond acceptors (Lipinski definition) is 2. The van der Waals surface area contributed by atoms with Crippen molar-refractivity contribution in [2.75, 3.05) is 5.32 Å². The lowest BCUT2D eigenvalue weighted by Gasteiger charge is -2.44. The molecule has 24 heavy (non-hydrogen) atoms. The fourth-order valence-electron chi connectivity index (χ4n) is 3.69. The molecule has 3 aliphatic carbocycles. The van der Waals surface area contributed by atoms with Crippen LogP contribution in [-0.4, -0.2) is 6.21 Å². The molecule has 2 aromatic carbocycles. The van der Waals surface area contributed by atoms with E-state index in [0.29, 0.717) is 11.8 Å². The van der Waals surface area contributed by atoms with E-state index in [1.165, 1.54) is 29.6 Å². The van der Waals surface area contributed by atoms with Gasteiger partial charge < -0.3 is 5.32 Å². The first-order valence-corrected chi connectivity index (χ1v) is 8.63. The van der Waals surface area contributed by atoms with Gasteiger partial charge in [-0.05, 0) is 72.6 Å². The van der Waals surface area contributed by atoms with Crippen LogP contribution in [0.1, 0.15) is 19.8 Å². The zero-order valence-electron chi connectivity index (χ0n) is 13.9. The van der Waals surface area contributed by atoms with Crippen LogP contribution in [0, 0.1) is 11.8 Å². The summed E-state index contributed by atoms with van der Waals surface area (Å²) >= 11 is 0. The van der Waals surface area contributed by atoms with Gasteiger partial charge in [0.2, 0.25) is 0 Å². The summed E-state index contributed by atoms with van der Waals surface area (Å²) in [4.78, 5) is 4.68. The van der Waals surface area contributed by atoms with Crippen molar-refractivity contribution in [3.8, 4) is 0 Å². The second-order valence-electron chi connectivity index (χ2n) is 6.65. The molecular weight excluding hydrogens is 292 g/mol. The summed E-state index contributed by atoms with van der Waals surface area (Å²) in [5.74, 6) is 1.40. The van der Waals surface area contributed by atoms with Crippen LogP contribution >= 0.6 is 0 Å². The lowest BCUT2D eigenvalue weighted by Crippen LogP contribution is -2.34. The van der Waals surface area contributed by atoms with Gasteiger partial charge >= 0.3 is 0 Å². The highest BCUT2D eigenvalue weighted by Crippen LogP contribution is 2.51. The predicted octanol–water partition coefficient (Wildman–Crippen LogP) is 5.74. The molecule has 2 aromatic rings. The van der Waals surface area contributed by atoms with Gasteiger partial charge in [-0.2, -0.15) is 0 Å². The molecule has 1 saturated carbocycles. The monoisotopic (exact) mass is 314 g/mol. The quantitative estimate of drug-likeness (QED) is 0.715. The number of nitrogens with zero attached hydrogens (tertiary/aromatic N) is 1. The van der Waals surface area contributed by atoms with Crippen molar-refractivity contribution in [2.24, 2.45) is 16.8 Å². The van der Waals surface area contributed by atoms with Gasteiger partial charge in [0.25, 0.3) is 0 Å². The van der Waals surface area contributed by atoms with Crippen molar-refractivity contribution < 1.29 is 0 Å². The second kappa shape index (κ2) is 6.48. The molecule has 3 aliphatic rings. The Morgan fingerprint density at radius 1 is 0.917 bits per heavy atom. The smallest absolute Gasteiger partial charge is 0.0629 e. The third kappa shape index (κ3) is 2.92. The SMILES string of the molecule is CC1=C(C=Nc2ccccc2)C2CC(C2)/C1=C\Nc1ccccc1. The van der Waals surface area contributed by atoms with Crippen molar-refractivity contribution >= 4 is 17.6 Å². The number of anilines is 1. The molecule has 0 aromatic heterocycles. The molecule has 2 nitrogen and oxygen atoms in total. The molecular formula is C22H22N2. The largest absolute Gasteiger partial charge is 0.361 e. The van der Waals surface area contributed by atoms with E-state index in [2.05, 4.69) is 53.9 Å². The van der Waals surface area contributed by atoms with Crippen LogP contribution in [0.3, 0.4) is 0 Å². The second-order valence-corrected chi connectivity index (χ2v) is 6.65. The maximum absolute atomic E-state index is 4.68. The Morgan fingerprint density at radius 2 is 1.58 bits per heavy atom. The first-order valence-electron chi connectivity index (χ1n) is 8.63. The molecule has 2 heteroatoms. The molecule has 0 aliphatic heterocycles.